The molecule has 7 heteroatoms. The van der Waals surface area contributed by atoms with Crippen molar-refractivity contribution in [1.82, 2.24) is 4.90 Å². The summed E-state index contributed by atoms with van der Waals surface area (Å²) in [5, 5.41) is 1.34. The van der Waals surface area contributed by atoms with Gasteiger partial charge in [0.15, 0.2) is 0 Å². The molecule has 1 aliphatic rings. The first-order valence-electron chi connectivity index (χ1n) is 7.52. The largest absolute Gasteiger partial charge is 0.292 e. The van der Waals surface area contributed by atoms with Gasteiger partial charge < -0.3 is 0 Å². The fraction of sp³-hybridized carbons (Fsp3) is 0.294. The van der Waals surface area contributed by atoms with E-state index in [1.807, 2.05) is 48.5 Å². The molecule has 1 aliphatic heterocycles. The van der Waals surface area contributed by atoms with Gasteiger partial charge in [0.05, 0.1) is 11.8 Å². The number of halogens is 2. The molecule has 4 nitrogen and oxygen atoms in total. The van der Waals surface area contributed by atoms with E-state index in [-0.39, 0.29) is 17.7 Å². The van der Waals surface area contributed by atoms with Crippen LogP contribution in [0.25, 0.3) is 0 Å². The molecule has 128 valence electrons. The standard InChI is InChI=1S/C17H17Cl2NO3S/c18-15-5-1-13(2-6-15)17(14-3-7-16(19)8-4-14)20-9-12(10-20)11-24(21,22)23/h1-8,12,17H,9-11H2,(H,21,22,23). The molecule has 1 saturated heterocycles. The Morgan fingerprint density at radius 2 is 1.38 bits per heavy atom. The summed E-state index contributed by atoms with van der Waals surface area (Å²) in [6.45, 7) is 1.21. The van der Waals surface area contributed by atoms with Gasteiger partial charge in [-0.25, -0.2) is 0 Å². The number of hydrogen-bond donors (Lipinski definition) is 1. The van der Waals surface area contributed by atoms with Gasteiger partial charge in [-0.2, -0.15) is 8.42 Å². The summed E-state index contributed by atoms with van der Waals surface area (Å²) in [4.78, 5) is 2.18. The summed E-state index contributed by atoms with van der Waals surface area (Å²) in [5.74, 6) is -0.251. The molecule has 0 spiro atoms. The van der Waals surface area contributed by atoms with Crippen molar-refractivity contribution in [3.63, 3.8) is 0 Å². The van der Waals surface area contributed by atoms with E-state index in [1.54, 1.807) is 0 Å². The van der Waals surface area contributed by atoms with Crippen molar-refractivity contribution in [2.75, 3.05) is 18.8 Å². The molecule has 24 heavy (non-hydrogen) atoms. The summed E-state index contributed by atoms with van der Waals surface area (Å²) < 4.78 is 31.1. The van der Waals surface area contributed by atoms with E-state index in [9.17, 15) is 8.42 Å². The maximum Gasteiger partial charge on any atom is 0.265 e. The number of benzene rings is 2. The lowest BCUT2D eigenvalue weighted by atomic mass is 9.91. The lowest BCUT2D eigenvalue weighted by Gasteiger charge is -2.44. The van der Waals surface area contributed by atoms with E-state index in [4.69, 9.17) is 27.8 Å². The van der Waals surface area contributed by atoms with E-state index >= 15 is 0 Å². The summed E-state index contributed by atoms with van der Waals surface area (Å²) in [5.41, 5.74) is 2.15. The van der Waals surface area contributed by atoms with Gasteiger partial charge in [0.25, 0.3) is 10.1 Å². The maximum absolute atomic E-state index is 11.0. The van der Waals surface area contributed by atoms with Crippen LogP contribution in [0.2, 0.25) is 10.0 Å². The molecule has 0 amide bonds. The Bertz CT molecular complexity index is 755. The Balaban J connectivity index is 1.84. The minimum atomic E-state index is -3.94. The van der Waals surface area contributed by atoms with Gasteiger partial charge in [-0.3, -0.25) is 9.45 Å². The van der Waals surface area contributed by atoms with Crippen molar-refractivity contribution in [3.8, 4) is 0 Å². The highest BCUT2D eigenvalue weighted by Gasteiger charge is 2.36. The lowest BCUT2D eigenvalue weighted by molar-refractivity contribution is 0.0803. The molecular weight excluding hydrogens is 369 g/mol. The van der Waals surface area contributed by atoms with Crippen molar-refractivity contribution in [2.24, 2.45) is 5.92 Å². The molecule has 0 aliphatic carbocycles. The van der Waals surface area contributed by atoms with Gasteiger partial charge in [0.1, 0.15) is 0 Å². The van der Waals surface area contributed by atoms with Crippen LogP contribution < -0.4 is 0 Å². The maximum atomic E-state index is 11.0. The summed E-state index contributed by atoms with van der Waals surface area (Å²) in [7, 11) is -3.94. The normalized spacial score (nSPS) is 16.3. The zero-order valence-corrected chi connectivity index (χ0v) is 15.1. The highest BCUT2D eigenvalue weighted by atomic mass is 35.5. The molecule has 0 atom stereocenters. The molecule has 0 unspecified atom stereocenters. The van der Waals surface area contributed by atoms with Crippen LogP contribution in [-0.4, -0.2) is 36.7 Å². The second kappa shape index (κ2) is 7.02. The molecule has 1 fully saturated rings. The lowest BCUT2D eigenvalue weighted by Crippen LogP contribution is -2.51. The minimum Gasteiger partial charge on any atom is -0.292 e. The van der Waals surface area contributed by atoms with E-state index in [2.05, 4.69) is 4.90 Å². The van der Waals surface area contributed by atoms with E-state index in [1.165, 1.54) is 0 Å². The second-order valence-corrected chi connectivity index (χ2v) is 8.44. The first-order valence-corrected chi connectivity index (χ1v) is 9.88. The van der Waals surface area contributed by atoms with Crippen LogP contribution in [0.5, 0.6) is 0 Å². The van der Waals surface area contributed by atoms with Crippen LogP contribution in [0, 0.1) is 5.92 Å². The molecule has 2 aromatic rings. The first kappa shape index (κ1) is 17.7. The number of likely N-dealkylation sites (tertiary alicyclic amines) is 1. The average molecular weight is 386 g/mol. The molecule has 0 aromatic heterocycles. The van der Waals surface area contributed by atoms with E-state index < -0.39 is 10.1 Å². The zero-order chi connectivity index (χ0) is 17.3. The van der Waals surface area contributed by atoms with Gasteiger partial charge in [0.2, 0.25) is 0 Å². The van der Waals surface area contributed by atoms with Crippen LogP contribution in [0.15, 0.2) is 48.5 Å². The Labute approximate surface area is 151 Å². The van der Waals surface area contributed by atoms with Gasteiger partial charge in [0, 0.05) is 29.1 Å². The van der Waals surface area contributed by atoms with Gasteiger partial charge in [-0.05, 0) is 35.4 Å². The second-order valence-electron chi connectivity index (χ2n) is 6.07. The highest BCUT2D eigenvalue weighted by Crippen LogP contribution is 2.35. The molecule has 0 radical (unpaired) electrons. The smallest absolute Gasteiger partial charge is 0.265 e. The van der Waals surface area contributed by atoms with Crippen molar-refractivity contribution in [1.29, 1.82) is 0 Å². The number of rotatable bonds is 5. The highest BCUT2D eigenvalue weighted by molar-refractivity contribution is 7.85. The summed E-state index contributed by atoms with van der Waals surface area (Å²) >= 11 is 12.0. The predicted octanol–water partition coefficient (Wildman–Crippen LogP) is 3.90. The molecule has 0 bridgehead atoms. The number of hydrogen-bond acceptors (Lipinski definition) is 3. The van der Waals surface area contributed by atoms with Crippen molar-refractivity contribution >= 4 is 33.3 Å². The Kier molecular flexibility index (Phi) is 5.18. The van der Waals surface area contributed by atoms with Crippen molar-refractivity contribution in [2.45, 2.75) is 6.04 Å². The number of nitrogens with zero attached hydrogens (tertiary/aromatic N) is 1. The van der Waals surface area contributed by atoms with Crippen LogP contribution in [-0.2, 0) is 10.1 Å². The fourth-order valence-corrected chi connectivity index (χ4v) is 4.19. The monoisotopic (exact) mass is 385 g/mol. The molecular formula is C17H17Cl2NO3S. The molecule has 0 saturated carbocycles. The molecule has 1 N–H and O–H groups in total. The SMILES string of the molecule is O=S(=O)(O)CC1CN(C(c2ccc(Cl)cc2)c2ccc(Cl)cc2)C1. The Morgan fingerprint density at radius 3 is 1.75 bits per heavy atom. The molecule has 1 heterocycles. The van der Waals surface area contributed by atoms with E-state index in [0.717, 1.165) is 11.1 Å². The van der Waals surface area contributed by atoms with Gasteiger partial charge in [-0.1, -0.05) is 47.5 Å². The third-order valence-corrected chi connectivity index (χ3v) is 5.56. The quantitative estimate of drug-likeness (QED) is 0.792. The fourth-order valence-electron chi connectivity index (χ4n) is 3.13. The Morgan fingerprint density at radius 1 is 0.958 bits per heavy atom. The zero-order valence-electron chi connectivity index (χ0n) is 12.8. The van der Waals surface area contributed by atoms with Crippen molar-refractivity contribution in [3.05, 3.63) is 69.7 Å². The summed E-state index contributed by atoms with van der Waals surface area (Å²) in [6, 6.07) is 15.2. The third kappa shape index (κ3) is 4.29. The third-order valence-electron chi connectivity index (χ3n) is 4.17. The van der Waals surface area contributed by atoms with Gasteiger partial charge in [-0.15, -0.1) is 0 Å². The Hall–Kier alpha value is -1.11. The van der Waals surface area contributed by atoms with Crippen LogP contribution in [0.4, 0.5) is 0 Å². The van der Waals surface area contributed by atoms with Crippen LogP contribution >= 0.6 is 23.2 Å². The molecule has 2 aromatic carbocycles. The van der Waals surface area contributed by atoms with E-state index in [0.29, 0.717) is 23.1 Å². The minimum absolute atomic E-state index is 0.00261. The summed E-state index contributed by atoms with van der Waals surface area (Å²) in [6.07, 6.45) is 0. The topological polar surface area (TPSA) is 57.6 Å². The average Bonchev–Trinajstić information content (AvgIpc) is 2.47. The first-order chi connectivity index (χ1) is 11.3. The van der Waals surface area contributed by atoms with Crippen LogP contribution in [0.3, 0.4) is 0 Å². The predicted molar refractivity (Wildman–Crippen MR) is 96.2 cm³/mol. The molecule has 3 rings (SSSR count). The van der Waals surface area contributed by atoms with Gasteiger partial charge >= 0.3 is 0 Å². The van der Waals surface area contributed by atoms with Crippen LogP contribution in [0.1, 0.15) is 17.2 Å². The van der Waals surface area contributed by atoms with Crippen molar-refractivity contribution < 1.29 is 13.0 Å².